The van der Waals surface area contributed by atoms with Crippen molar-refractivity contribution >= 4 is 5.69 Å². The van der Waals surface area contributed by atoms with Gasteiger partial charge in [-0.05, 0) is 17.5 Å². The van der Waals surface area contributed by atoms with Gasteiger partial charge in [0.05, 0.1) is 0 Å². The number of aryl methyl sites for hydroxylation is 1. The summed E-state index contributed by atoms with van der Waals surface area (Å²) >= 11 is 0. The molecule has 0 aromatic heterocycles. The highest BCUT2D eigenvalue weighted by Gasteiger charge is 2.10. The van der Waals surface area contributed by atoms with E-state index in [0.717, 1.165) is 12.0 Å². The Hall–Kier alpha value is -1.97. The third-order valence-electron chi connectivity index (χ3n) is 2.91. The Morgan fingerprint density at radius 3 is 1.95 bits per heavy atom. The highest BCUT2D eigenvalue weighted by atomic mass is 19.1. The van der Waals surface area contributed by atoms with Crippen LogP contribution in [0.1, 0.15) is 18.1 Å². The molecule has 0 unspecified atom stereocenters. The van der Waals surface area contributed by atoms with Gasteiger partial charge in [0.1, 0.15) is 11.5 Å². The van der Waals surface area contributed by atoms with E-state index in [1.807, 2.05) is 24.3 Å². The maximum absolute atomic E-state index is 13.4. The van der Waals surface area contributed by atoms with Gasteiger partial charge in [-0.1, -0.05) is 31.2 Å². The predicted octanol–water partition coefficient (Wildman–Crippen LogP) is 4.28. The Morgan fingerprint density at radius 1 is 0.895 bits per heavy atom. The summed E-state index contributed by atoms with van der Waals surface area (Å²) in [6, 6.07) is 9.04. The number of hydrogen-bond acceptors (Lipinski definition) is 1. The van der Waals surface area contributed by atoms with Gasteiger partial charge in [-0.3, -0.25) is 0 Å². The Morgan fingerprint density at radius 2 is 1.42 bits per heavy atom. The fourth-order valence-corrected chi connectivity index (χ4v) is 1.79. The third kappa shape index (κ3) is 3.28. The minimum absolute atomic E-state index is 0.281. The van der Waals surface area contributed by atoms with E-state index in [4.69, 9.17) is 0 Å². The number of rotatable bonds is 4. The monoisotopic (exact) mass is 265 g/mol. The van der Waals surface area contributed by atoms with Crippen molar-refractivity contribution in [2.75, 3.05) is 5.32 Å². The van der Waals surface area contributed by atoms with Crippen LogP contribution in [0.5, 0.6) is 0 Å². The topological polar surface area (TPSA) is 12.0 Å². The normalized spacial score (nSPS) is 10.5. The number of hydrogen-bond donors (Lipinski definition) is 1. The van der Waals surface area contributed by atoms with Crippen LogP contribution in [-0.4, -0.2) is 0 Å². The summed E-state index contributed by atoms with van der Waals surface area (Å²) in [6.45, 7) is 2.33. The SMILES string of the molecule is CCc1ccc(CNc2c(F)cc(F)cc2F)cc1. The first-order valence-electron chi connectivity index (χ1n) is 6.06. The molecular formula is C15H14F3N. The average molecular weight is 265 g/mol. The fraction of sp³-hybridized carbons (Fsp3) is 0.200. The lowest BCUT2D eigenvalue weighted by molar-refractivity contribution is 0.547. The van der Waals surface area contributed by atoms with Crippen molar-refractivity contribution < 1.29 is 13.2 Å². The van der Waals surface area contributed by atoms with E-state index in [1.54, 1.807) is 0 Å². The largest absolute Gasteiger partial charge is 0.376 e. The maximum atomic E-state index is 13.4. The van der Waals surface area contributed by atoms with Gasteiger partial charge < -0.3 is 5.32 Å². The van der Waals surface area contributed by atoms with Gasteiger partial charge in [0.2, 0.25) is 0 Å². The molecule has 0 amide bonds. The molecule has 0 radical (unpaired) electrons. The summed E-state index contributed by atoms with van der Waals surface area (Å²) in [5.41, 5.74) is 1.80. The lowest BCUT2D eigenvalue weighted by Crippen LogP contribution is -2.04. The molecule has 0 bridgehead atoms. The van der Waals surface area contributed by atoms with Crippen molar-refractivity contribution in [1.29, 1.82) is 0 Å². The van der Waals surface area contributed by atoms with E-state index in [-0.39, 0.29) is 12.2 Å². The molecule has 2 aromatic rings. The molecule has 1 nitrogen and oxygen atoms in total. The van der Waals surface area contributed by atoms with Crippen molar-refractivity contribution in [3.63, 3.8) is 0 Å². The lowest BCUT2D eigenvalue weighted by Gasteiger charge is -2.09. The summed E-state index contributed by atoms with van der Waals surface area (Å²) in [4.78, 5) is 0. The quantitative estimate of drug-likeness (QED) is 0.870. The minimum Gasteiger partial charge on any atom is -0.376 e. The first-order chi connectivity index (χ1) is 9.10. The highest BCUT2D eigenvalue weighted by molar-refractivity contribution is 5.47. The molecule has 0 spiro atoms. The summed E-state index contributed by atoms with van der Waals surface area (Å²) in [5.74, 6) is -2.78. The van der Waals surface area contributed by atoms with Gasteiger partial charge in [-0.25, -0.2) is 13.2 Å². The zero-order chi connectivity index (χ0) is 13.8. The van der Waals surface area contributed by atoms with E-state index >= 15 is 0 Å². The van der Waals surface area contributed by atoms with E-state index < -0.39 is 17.5 Å². The fourth-order valence-electron chi connectivity index (χ4n) is 1.79. The van der Waals surface area contributed by atoms with E-state index in [9.17, 15) is 13.2 Å². The molecule has 0 aliphatic heterocycles. The zero-order valence-corrected chi connectivity index (χ0v) is 10.5. The summed E-state index contributed by atoms with van der Waals surface area (Å²) < 4.78 is 39.5. The molecule has 0 aliphatic carbocycles. The van der Waals surface area contributed by atoms with Crippen LogP contribution in [0.4, 0.5) is 18.9 Å². The third-order valence-corrected chi connectivity index (χ3v) is 2.91. The van der Waals surface area contributed by atoms with E-state index in [2.05, 4.69) is 12.2 Å². The summed E-state index contributed by atoms with van der Waals surface area (Å²) in [5, 5.41) is 2.65. The van der Waals surface area contributed by atoms with Crippen LogP contribution >= 0.6 is 0 Å². The van der Waals surface area contributed by atoms with E-state index in [0.29, 0.717) is 12.1 Å². The van der Waals surface area contributed by atoms with Gasteiger partial charge in [0, 0.05) is 18.7 Å². The molecular weight excluding hydrogens is 251 g/mol. The average Bonchev–Trinajstić information content (AvgIpc) is 2.38. The summed E-state index contributed by atoms with van der Waals surface area (Å²) in [7, 11) is 0. The van der Waals surface area contributed by atoms with Crippen molar-refractivity contribution in [1.82, 2.24) is 0 Å². The second-order valence-corrected chi connectivity index (χ2v) is 4.27. The van der Waals surface area contributed by atoms with Crippen molar-refractivity contribution in [3.05, 3.63) is 65.0 Å². The van der Waals surface area contributed by atoms with Crippen LogP contribution in [0.25, 0.3) is 0 Å². The standard InChI is InChI=1S/C15H14F3N/c1-2-10-3-5-11(6-4-10)9-19-15-13(17)7-12(16)8-14(15)18/h3-8,19H,2,9H2,1H3. The van der Waals surface area contributed by atoms with Gasteiger partial charge >= 0.3 is 0 Å². The van der Waals surface area contributed by atoms with Crippen molar-refractivity contribution in [2.24, 2.45) is 0 Å². The molecule has 100 valence electrons. The lowest BCUT2D eigenvalue weighted by atomic mass is 10.1. The van der Waals surface area contributed by atoms with E-state index in [1.165, 1.54) is 5.56 Å². The molecule has 0 saturated carbocycles. The Kier molecular flexibility index (Phi) is 4.10. The molecule has 1 N–H and O–H groups in total. The van der Waals surface area contributed by atoms with Gasteiger partial charge in [0.15, 0.2) is 11.6 Å². The van der Waals surface area contributed by atoms with Crippen LogP contribution in [0, 0.1) is 17.5 Å². The molecule has 19 heavy (non-hydrogen) atoms. The van der Waals surface area contributed by atoms with Gasteiger partial charge in [-0.15, -0.1) is 0 Å². The smallest absolute Gasteiger partial charge is 0.152 e. The molecule has 0 heterocycles. The molecule has 0 saturated heterocycles. The zero-order valence-electron chi connectivity index (χ0n) is 10.5. The van der Waals surface area contributed by atoms with Gasteiger partial charge in [-0.2, -0.15) is 0 Å². The second kappa shape index (κ2) is 5.78. The first-order valence-corrected chi connectivity index (χ1v) is 6.06. The van der Waals surface area contributed by atoms with Crippen LogP contribution < -0.4 is 5.32 Å². The molecule has 4 heteroatoms. The highest BCUT2D eigenvalue weighted by Crippen LogP contribution is 2.21. The van der Waals surface area contributed by atoms with Crippen LogP contribution in [0.3, 0.4) is 0 Å². The number of anilines is 1. The second-order valence-electron chi connectivity index (χ2n) is 4.27. The van der Waals surface area contributed by atoms with Crippen LogP contribution in [0.2, 0.25) is 0 Å². The molecule has 2 rings (SSSR count). The molecule has 0 aliphatic rings. The predicted molar refractivity (Wildman–Crippen MR) is 69.5 cm³/mol. The minimum atomic E-state index is -0.928. The van der Waals surface area contributed by atoms with Crippen LogP contribution in [-0.2, 0) is 13.0 Å². The van der Waals surface area contributed by atoms with Crippen LogP contribution in [0.15, 0.2) is 36.4 Å². The Bertz CT molecular complexity index is 541. The molecule has 2 aromatic carbocycles. The summed E-state index contributed by atoms with van der Waals surface area (Å²) in [6.07, 6.45) is 0.939. The Labute approximate surface area is 110 Å². The molecule has 0 atom stereocenters. The van der Waals surface area contributed by atoms with Crippen molar-refractivity contribution in [2.45, 2.75) is 19.9 Å². The first kappa shape index (κ1) is 13.5. The van der Waals surface area contributed by atoms with Gasteiger partial charge in [0.25, 0.3) is 0 Å². The maximum Gasteiger partial charge on any atom is 0.152 e. The van der Waals surface area contributed by atoms with Crippen molar-refractivity contribution in [3.8, 4) is 0 Å². The Balaban J connectivity index is 2.10. The number of nitrogens with one attached hydrogen (secondary N) is 1. The number of halogens is 3. The molecule has 0 fully saturated rings. The number of benzene rings is 2.